The van der Waals surface area contributed by atoms with Gasteiger partial charge in [0.05, 0.1) is 18.8 Å². The van der Waals surface area contributed by atoms with E-state index in [1.165, 1.54) is 154 Å². The Balaban J connectivity index is 0.971. The lowest BCUT2D eigenvalue weighted by atomic mass is 9.93. The summed E-state index contributed by atoms with van der Waals surface area (Å²) in [6.07, 6.45) is 36.9. The first-order valence-corrected chi connectivity index (χ1v) is 20.1. The Morgan fingerprint density at radius 3 is 1.60 bits per heavy atom. The molecule has 1 unspecified atom stereocenters. The highest BCUT2D eigenvalue weighted by Gasteiger charge is 2.30. The average Bonchev–Trinajstić information content (AvgIpc) is 3.51. The Morgan fingerprint density at radius 1 is 0.622 bits per heavy atom. The smallest absolute Gasteiger partial charge is 0.111 e. The quantitative estimate of drug-likeness (QED) is 0.0799. The van der Waals surface area contributed by atoms with Gasteiger partial charge in [0.25, 0.3) is 0 Å². The second kappa shape index (κ2) is 21.3. The number of piperidine rings is 2. The van der Waals surface area contributed by atoms with Crippen LogP contribution in [0.2, 0.25) is 0 Å². The van der Waals surface area contributed by atoms with E-state index in [0.717, 1.165) is 25.7 Å². The zero-order valence-electron chi connectivity index (χ0n) is 29.7. The third kappa shape index (κ3) is 13.7. The molecule has 4 heterocycles. The first-order valence-electron chi connectivity index (χ1n) is 20.1. The number of unbranched alkanes of at least 4 members (excludes halogenated alkanes) is 14. The van der Waals surface area contributed by atoms with Crippen LogP contribution in [0.4, 0.5) is 0 Å². The molecular formula is C40H74N3O2+. The highest BCUT2D eigenvalue weighted by molar-refractivity contribution is 5.30. The molecule has 4 rings (SSSR count). The largest absolute Gasteiger partial charge is 0.392 e. The minimum atomic E-state index is -0.143. The van der Waals surface area contributed by atoms with E-state index in [2.05, 4.69) is 30.6 Å². The second-order valence-corrected chi connectivity index (χ2v) is 15.8. The summed E-state index contributed by atoms with van der Waals surface area (Å²) in [4.78, 5) is 1.81. The topological polar surface area (TPSA) is 69.0 Å². The van der Waals surface area contributed by atoms with Gasteiger partial charge < -0.3 is 25.7 Å². The Labute approximate surface area is 278 Å². The summed E-state index contributed by atoms with van der Waals surface area (Å²) in [6.45, 7) is 6.91. The molecule has 0 amide bonds. The highest BCUT2D eigenvalue weighted by Crippen LogP contribution is 2.25. The van der Waals surface area contributed by atoms with Gasteiger partial charge in [0.1, 0.15) is 12.2 Å². The van der Waals surface area contributed by atoms with Gasteiger partial charge in [-0.25, -0.2) is 0 Å². The molecule has 45 heavy (non-hydrogen) atoms. The summed E-state index contributed by atoms with van der Waals surface area (Å²) >= 11 is 0. The first-order chi connectivity index (χ1) is 22.0. The number of allylic oxidation sites excluding steroid dienone is 3. The van der Waals surface area contributed by atoms with E-state index >= 15 is 0 Å². The number of aliphatic hydroxyl groups is 2. The van der Waals surface area contributed by atoms with Gasteiger partial charge in [-0.05, 0) is 89.7 Å². The summed E-state index contributed by atoms with van der Waals surface area (Å²) in [5.41, 5.74) is 5.26. The minimum Gasteiger partial charge on any atom is -0.392 e. The molecule has 4 aliphatic rings. The van der Waals surface area contributed by atoms with Crippen LogP contribution in [0.15, 0.2) is 22.9 Å². The monoisotopic (exact) mass is 629 g/mol. The van der Waals surface area contributed by atoms with Crippen molar-refractivity contribution in [3.8, 4) is 0 Å². The van der Waals surface area contributed by atoms with Gasteiger partial charge in [0.2, 0.25) is 0 Å². The van der Waals surface area contributed by atoms with Crippen molar-refractivity contribution in [2.45, 2.75) is 217 Å². The van der Waals surface area contributed by atoms with Crippen LogP contribution in [0, 0.1) is 0 Å². The molecule has 0 aromatic carbocycles. The lowest BCUT2D eigenvalue weighted by Gasteiger charge is -2.32. The van der Waals surface area contributed by atoms with Crippen molar-refractivity contribution < 1.29 is 15.1 Å². The Morgan fingerprint density at radius 2 is 1.09 bits per heavy atom. The molecular weight excluding hydrogens is 554 g/mol. The van der Waals surface area contributed by atoms with Crippen molar-refractivity contribution in [2.24, 2.45) is 0 Å². The number of aliphatic hydroxyl groups excluding tert-OH is 2. The van der Waals surface area contributed by atoms with E-state index in [1.807, 2.05) is 4.90 Å². The van der Waals surface area contributed by atoms with Crippen LogP contribution < -0.4 is 15.5 Å². The van der Waals surface area contributed by atoms with Crippen LogP contribution in [-0.2, 0) is 0 Å². The number of hydrogen-bond acceptors (Lipinski definition) is 4. The standard InChI is InChI=1S/C40H73N3O2/c1-32-39(44)27-25-36(41-32)22-17-13-9-5-3-7-11-15-20-34-30-35(38-24-19-29-43(38)31-34)21-16-12-8-4-6-10-14-18-23-37-26-28-40(45)33(2)42-37/h30,32-33,36-37,39-42,44-45H,3-29,31H2,1-2H3/p+1/t32-,33-,36+,37+,39+,40+/m0/s1. The summed E-state index contributed by atoms with van der Waals surface area (Å²) in [5, 5.41) is 27.0. The third-order valence-corrected chi connectivity index (χ3v) is 11.9. The zero-order valence-corrected chi connectivity index (χ0v) is 29.7. The van der Waals surface area contributed by atoms with E-state index in [9.17, 15) is 10.2 Å². The molecule has 3 saturated heterocycles. The molecule has 3 fully saturated rings. The minimum absolute atomic E-state index is 0.143. The number of fused-ring (bicyclic) bond motifs is 1. The average molecular weight is 629 g/mol. The molecule has 0 aromatic heterocycles. The van der Waals surface area contributed by atoms with Crippen LogP contribution in [0.5, 0.6) is 0 Å². The van der Waals surface area contributed by atoms with Gasteiger partial charge in [-0.3, -0.25) is 0 Å². The fraction of sp³-hybridized carbons (Fsp3) is 0.900. The molecule has 0 saturated carbocycles. The molecule has 0 aromatic rings. The van der Waals surface area contributed by atoms with Gasteiger partial charge in [0, 0.05) is 42.6 Å². The molecule has 5 heteroatoms. The van der Waals surface area contributed by atoms with Crippen molar-refractivity contribution in [2.75, 3.05) is 13.1 Å². The van der Waals surface area contributed by atoms with Gasteiger partial charge in [0.15, 0.2) is 0 Å². The third-order valence-electron chi connectivity index (χ3n) is 11.9. The van der Waals surface area contributed by atoms with E-state index in [1.54, 1.807) is 16.8 Å². The highest BCUT2D eigenvalue weighted by atomic mass is 16.3. The maximum absolute atomic E-state index is 9.89. The van der Waals surface area contributed by atoms with Crippen molar-refractivity contribution >= 4 is 0 Å². The van der Waals surface area contributed by atoms with Crippen LogP contribution >= 0.6 is 0 Å². The fourth-order valence-corrected chi connectivity index (χ4v) is 8.83. The van der Waals surface area contributed by atoms with E-state index < -0.39 is 0 Å². The Bertz CT molecular complexity index is 872. The van der Waals surface area contributed by atoms with E-state index in [0.29, 0.717) is 12.1 Å². The number of hydrogen-bond donors (Lipinski definition) is 5. The van der Waals surface area contributed by atoms with Crippen molar-refractivity contribution in [1.82, 2.24) is 10.6 Å². The fourth-order valence-electron chi connectivity index (χ4n) is 8.83. The molecule has 0 spiro atoms. The lowest BCUT2D eigenvalue weighted by molar-refractivity contribution is -0.847. The Kier molecular flexibility index (Phi) is 17.6. The van der Waals surface area contributed by atoms with Crippen LogP contribution in [0.1, 0.15) is 181 Å². The molecule has 260 valence electrons. The van der Waals surface area contributed by atoms with Gasteiger partial charge in [-0.15, -0.1) is 0 Å². The molecule has 0 radical (unpaired) electrons. The molecule has 5 nitrogen and oxygen atoms in total. The van der Waals surface area contributed by atoms with E-state index in [-0.39, 0.29) is 24.3 Å². The molecule has 4 aliphatic heterocycles. The number of nitrogens with one attached hydrogen (secondary N) is 3. The second-order valence-electron chi connectivity index (χ2n) is 15.8. The lowest BCUT2D eigenvalue weighted by Crippen LogP contribution is -3.09. The number of rotatable bonds is 22. The van der Waals surface area contributed by atoms with Crippen LogP contribution in [-0.4, -0.2) is 59.7 Å². The summed E-state index contributed by atoms with van der Waals surface area (Å²) < 4.78 is 0. The number of quaternary nitrogens is 1. The maximum Gasteiger partial charge on any atom is 0.111 e. The first kappa shape index (κ1) is 37.1. The molecule has 0 aliphatic carbocycles. The normalized spacial score (nSPS) is 30.5. The summed E-state index contributed by atoms with van der Waals surface area (Å²) in [6, 6.07) is 1.81. The zero-order chi connectivity index (χ0) is 31.7. The summed E-state index contributed by atoms with van der Waals surface area (Å²) in [7, 11) is 0. The summed E-state index contributed by atoms with van der Waals surface area (Å²) in [5.74, 6) is 0. The van der Waals surface area contributed by atoms with Gasteiger partial charge >= 0.3 is 0 Å². The Hall–Kier alpha value is -0.720. The van der Waals surface area contributed by atoms with E-state index in [4.69, 9.17) is 0 Å². The predicted molar refractivity (Wildman–Crippen MR) is 191 cm³/mol. The van der Waals surface area contributed by atoms with Crippen LogP contribution in [0.25, 0.3) is 0 Å². The van der Waals surface area contributed by atoms with Gasteiger partial charge in [-0.1, -0.05) is 89.9 Å². The maximum atomic E-state index is 9.89. The van der Waals surface area contributed by atoms with Crippen molar-refractivity contribution in [3.05, 3.63) is 22.9 Å². The molecule has 5 N–H and O–H groups in total. The van der Waals surface area contributed by atoms with Crippen LogP contribution in [0.3, 0.4) is 0 Å². The molecule has 7 atom stereocenters. The van der Waals surface area contributed by atoms with Gasteiger partial charge in [-0.2, -0.15) is 0 Å². The molecule has 0 bridgehead atoms. The SMILES string of the molecule is C[C@@H]1N[C@H](CCCCCCCCCCC2=CC(CCCCCCCCCC[C@@H]3CC[C@@H](O)[C@H](C)N3)=C3CCC[NH+]3C2)CC[C@H]1O. The van der Waals surface area contributed by atoms with Crippen molar-refractivity contribution in [1.29, 1.82) is 0 Å². The predicted octanol–water partition coefficient (Wildman–Crippen LogP) is 7.66. The van der Waals surface area contributed by atoms with Crippen molar-refractivity contribution in [3.63, 3.8) is 0 Å².